The molecule has 2 heterocycles. The molecule has 0 unspecified atom stereocenters. The van der Waals surface area contributed by atoms with E-state index in [4.69, 9.17) is 0 Å². The molecule has 0 atom stereocenters. The minimum Gasteiger partial charge on any atom is -0.347 e. The molecule has 0 saturated heterocycles. The first-order valence-electron chi connectivity index (χ1n) is 7.65. The number of aryl methyl sites for hydroxylation is 1. The fraction of sp³-hybridized carbons (Fsp3) is 0.111. The number of nitrogens with one attached hydrogen (secondary N) is 2. The van der Waals surface area contributed by atoms with Crippen LogP contribution in [-0.4, -0.2) is 20.9 Å². The zero-order valence-electron chi connectivity index (χ0n) is 13.5. The minimum atomic E-state index is -0.256. The normalized spacial score (nSPS) is 10.3. The Bertz CT molecular complexity index is 868. The van der Waals surface area contributed by atoms with Crippen LogP contribution in [0.5, 0.6) is 0 Å². The molecular weight excluding hydrogens is 382 g/mol. The molecule has 1 amide bonds. The number of benzene rings is 1. The van der Waals surface area contributed by atoms with Crippen molar-refractivity contribution in [1.82, 2.24) is 20.3 Å². The maximum atomic E-state index is 12.4. The molecule has 7 heteroatoms. The average Bonchev–Trinajstić information content (AvgIpc) is 2.62. The highest BCUT2D eigenvalue weighted by atomic mass is 79.9. The summed E-state index contributed by atoms with van der Waals surface area (Å²) in [5.41, 5.74) is 2.79. The highest BCUT2D eigenvalue weighted by Gasteiger charge is 2.11. The summed E-state index contributed by atoms with van der Waals surface area (Å²) < 4.78 is 0.985. The number of pyridine rings is 1. The molecule has 6 nitrogen and oxygen atoms in total. The zero-order chi connectivity index (χ0) is 17.6. The van der Waals surface area contributed by atoms with Crippen LogP contribution in [0.2, 0.25) is 0 Å². The van der Waals surface area contributed by atoms with Crippen LogP contribution in [-0.2, 0) is 6.54 Å². The van der Waals surface area contributed by atoms with Crippen LogP contribution in [0.25, 0.3) is 0 Å². The minimum absolute atomic E-state index is 0.256. The Kier molecular flexibility index (Phi) is 5.35. The number of hydrogen-bond acceptors (Lipinski definition) is 5. The summed E-state index contributed by atoms with van der Waals surface area (Å²) in [6.45, 7) is 2.22. The lowest BCUT2D eigenvalue weighted by molar-refractivity contribution is 0.0945. The van der Waals surface area contributed by atoms with Crippen molar-refractivity contribution < 1.29 is 4.79 Å². The second kappa shape index (κ2) is 7.85. The predicted octanol–water partition coefficient (Wildman–Crippen LogP) is 3.62. The van der Waals surface area contributed by atoms with Crippen LogP contribution in [0.1, 0.15) is 21.7 Å². The van der Waals surface area contributed by atoms with E-state index < -0.39 is 0 Å². The third kappa shape index (κ3) is 4.84. The van der Waals surface area contributed by atoms with Gasteiger partial charge in [0.1, 0.15) is 5.69 Å². The fourth-order valence-corrected chi connectivity index (χ4v) is 2.44. The average molecular weight is 398 g/mol. The highest BCUT2D eigenvalue weighted by molar-refractivity contribution is 9.10. The van der Waals surface area contributed by atoms with E-state index >= 15 is 0 Å². The standard InChI is InChI=1S/C18H16BrN5O/c1-12-9-16(17(25)21-11-13-3-2-8-20-10-13)24-18(22-12)23-15-6-4-14(19)5-7-15/h2-10H,11H2,1H3,(H,21,25)(H,22,23,24). The van der Waals surface area contributed by atoms with Crippen LogP contribution in [0.4, 0.5) is 11.6 Å². The second-order valence-electron chi connectivity index (χ2n) is 5.39. The topological polar surface area (TPSA) is 79.8 Å². The Hall–Kier alpha value is -2.80. The van der Waals surface area contributed by atoms with Crippen LogP contribution < -0.4 is 10.6 Å². The Morgan fingerprint density at radius 2 is 1.96 bits per heavy atom. The third-order valence-electron chi connectivity index (χ3n) is 3.36. The predicted molar refractivity (Wildman–Crippen MR) is 99.6 cm³/mol. The summed E-state index contributed by atoms with van der Waals surface area (Å²) in [7, 11) is 0. The molecule has 0 saturated carbocycles. The van der Waals surface area contributed by atoms with Crippen LogP contribution >= 0.6 is 15.9 Å². The van der Waals surface area contributed by atoms with Crippen molar-refractivity contribution in [3.63, 3.8) is 0 Å². The molecule has 3 aromatic rings. The lowest BCUT2D eigenvalue weighted by Gasteiger charge is -2.09. The Morgan fingerprint density at radius 1 is 1.16 bits per heavy atom. The molecular formula is C18H16BrN5O. The molecule has 3 rings (SSSR count). The van der Waals surface area contributed by atoms with Gasteiger partial charge in [0.2, 0.25) is 5.95 Å². The van der Waals surface area contributed by atoms with Crippen molar-refractivity contribution in [2.24, 2.45) is 0 Å². The van der Waals surface area contributed by atoms with Gasteiger partial charge in [-0.25, -0.2) is 9.97 Å². The lowest BCUT2D eigenvalue weighted by Crippen LogP contribution is -2.24. The number of carbonyl (C=O) groups is 1. The molecule has 2 aromatic heterocycles. The van der Waals surface area contributed by atoms with E-state index in [1.165, 1.54) is 0 Å². The number of anilines is 2. The number of hydrogen-bond donors (Lipinski definition) is 2. The van der Waals surface area contributed by atoms with Crippen LogP contribution in [0.15, 0.2) is 59.3 Å². The lowest BCUT2D eigenvalue weighted by atomic mass is 10.2. The SMILES string of the molecule is Cc1cc(C(=O)NCc2cccnc2)nc(Nc2ccc(Br)cc2)n1. The molecule has 0 spiro atoms. The van der Waals surface area contributed by atoms with Gasteiger partial charge in [-0.05, 0) is 48.9 Å². The summed E-state index contributed by atoms with van der Waals surface area (Å²) in [4.78, 5) is 25.0. The van der Waals surface area contributed by atoms with Crippen molar-refractivity contribution >= 4 is 33.5 Å². The molecule has 0 bridgehead atoms. The Labute approximate surface area is 153 Å². The van der Waals surface area contributed by atoms with E-state index in [9.17, 15) is 4.79 Å². The van der Waals surface area contributed by atoms with Gasteiger partial charge in [0.05, 0.1) is 0 Å². The largest absolute Gasteiger partial charge is 0.347 e. The van der Waals surface area contributed by atoms with E-state index in [2.05, 4.69) is 41.5 Å². The molecule has 0 aliphatic heterocycles. The number of halogens is 1. The first-order valence-corrected chi connectivity index (χ1v) is 8.45. The number of aromatic nitrogens is 3. The third-order valence-corrected chi connectivity index (χ3v) is 3.89. The molecule has 25 heavy (non-hydrogen) atoms. The van der Waals surface area contributed by atoms with Gasteiger partial charge in [0.15, 0.2) is 0 Å². The van der Waals surface area contributed by atoms with Gasteiger partial charge in [0, 0.05) is 34.8 Å². The smallest absolute Gasteiger partial charge is 0.270 e. The molecule has 0 radical (unpaired) electrons. The highest BCUT2D eigenvalue weighted by Crippen LogP contribution is 2.17. The summed E-state index contributed by atoms with van der Waals surface area (Å²) in [5, 5.41) is 5.95. The van der Waals surface area contributed by atoms with Gasteiger partial charge < -0.3 is 10.6 Å². The molecule has 0 fully saturated rings. The monoisotopic (exact) mass is 397 g/mol. The van der Waals surface area contributed by atoms with E-state index in [0.717, 1.165) is 15.7 Å². The van der Waals surface area contributed by atoms with Gasteiger partial charge in [0.25, 0.3) is 5.91 Å². The van der Waals surface area contributed by atoms with Crippen molar-refractivity contribution in [2.75, 3.05) is 5.32 Å². The van der Waals surface area contributed by atoms with E-state index in [1.54, 1.807) is 18.5 Å². The summed E-state index contributed by atoms with van der Waals surface area (Å²) in [6, 6.07) is 13.0. The molecule has 2 N–H and O–H groups in total. The van der Waals surface area contributed by atoms with Crippen LogP contribution in [0.3, 0.4) is 0 Å². The van der Waals surface area contributed by atoms with E-state index in [0.29, 0.717) is 23.9 Å². The van der Waals surface area contributed by atoms with Crippen molar-refractivity contribution in [1.29, 1.82) is 0 Å². The second-order valence-corrected chi connectivity index (χ2v) is 6.31. The molecule has 126 valence electrons. The first-order chi connectivity index (χ1) is 12.1. The van der Waals surface area contributed by atoms with Gasteiger partial charge in [-0.15, -0.1) is 0 Å². The Balaban J connectivity index is 1.72. The van der Waals surface area contributed by atoms with Crippen molar-refractivity contribution in [2.45, 2.75) is 13.5 Å². The molecule has 0 aliphatic carbocycles. The van der Waals surface area contributed by atoms with Gasteiger partial charge >= 0.3 is 0 Å². The zero-order valence-corrected chi connectivity index (χ0v) is 15.1. The van der Waals surface area contributed by atoms with Gasteiger partial charge in [-0.2, -0.15) is 0 Å². The summed E-state index contributed by atoms with van der Waals surface area (Å²) in [6.07, 6.45) is 3.41. The van der Waals surface area contributed by atoms with Crippen molar-refractivity contribution in [3.05, 3.63) is 76.3 Å². The van der Waals surface area contributed by atoms with Gasteiger partial charge in [-0.3, -0.25) is 9.78 Å². The quantitative estimate of drug-likeness (QED) is 0.687. The maximum Gasteiger partial charge on any atom is 0.270 e. The van der Waals surface area contributed by atoms with E-state index in [-0.39, 0.29) is 5.91 Å². The molecule has 1 aromatic carbocycles. The van der Waals surface area contributed by atoms with E-state index in [1.807, 2.05) is 43.3 Å². The first kappa shape index (κ1) is 17.0. The van der Waals surface area contributed by atoms with Gasteiger partial charge in [-0.1, -0.05) is 22.0 Å². The number of amides is 1. The fourth-order valence-electron chi connectivity index (χ4n) is 2.18. The maximum absolute atomic E-state index is 12.4. The summed E-state index contributed by atoms with van der Waals surface area (Å²) in [5.74, 6) is 0.127. The number of rotatable bonds is 5. The van der Waals surface area contributed by atoms with Crippen LogP contribution in [0, 0.1) is 6.92 Å². The molecule has 0 aliphatic rings. The summed E-state index contributed by atoms with van der Waals surface area (Å²) >= 11 is 3.39. The number of nitrogens with zero attached hydrogens (tertiary/aromatic N) is 3. The Morgan fingerprint density at radius 3 is 2.68 bits per heavy atom. The number of carbonyl (C=O) groups excluding carboxylic acids is 1. The van der Waals surface area contributed by atoms with Crippen molar-refractivity contribution in [3.8, 4) is 0 Å².